The first-order valence-corrected chi connectivity index (χ1v) is 5.90. The highest BCUT2D eigenvalue weighted by molar-refractivity contribution is 5.85. The summed E-state index contributed by atoms with van der Waals surface area (Å²) in [5, 5.41) is 3.53. The molecular formula is C13H20ClFN2. The summed E-state index contributed by atoms with van der Waals surface area (Å²) in [5.41, 5.74) is 1.15. The molecule has 17 heavy (non-hydrogen) atoms. The van der Waals surface area contributed by atoms with Gasteiger partial charge in [-0.2, -0.15) is 0 Å². The molecule has 1 aliphatic heterocycles. The summed E-state index contributed by atoms with van der Waals surface area (Å²) in [7, 11) is 2.16. The zero-order valence-electron chi connectivity index (χ0n) is 10.2. The van der Waals surface area contributed by atoms with Gasteiger partial charge in [-0.1, -0.05) is 12.1 Å². The summed E-state index contributed by atoms with van der Waals surface area (Å²) >= 11 is 0. The molecular weight excluding hydrogens is 239 g/mol. The van der Waals surface area contributed by atoms with Gasteiger partial charge in [0, 0.05) is 12.6 Å². The molecule has 0 spiro atoms. The Kier molecular flexibility index (Phi) is 5.89. The highest BCUT2D eigenvalue weighted by atomic mass is 35.5. The second-order valence-electron chi connectivity index (χ2n) is 4.58. The predicted molar refractivity (Wildman–Crippen MR) is 71.0 cm³/mol. The summed E-state index contributed by atoms with van der Waals surface area (Å²) in [5.74, 6) is -0.164. The van der Waals surface area contributed by atoms with E-state index < -0.39 is 0 Å². The van der Waals surface area contributed by atoms with Gasteiger partial charge in [0.2, 0.25) is 0 Å². The van der Waals surface area contributed by atoms with Crippen LogP contribution in [0.5, 0.6) is 0 Å². The van der Waals surface area contributed by atoms with Crippen molar-refractivity contribution in [3.8, 4) is 0 Å². The molecule has 1 fully saturated rings. The Hall–Kier alpha value is -0.640. The minimum absolute atomic E-state index is 0. The molecule has 2 nitrogen and oxygen atoms in total. The third-order valence-electron chi connectivity index (χ3n) is 3.23. The molecule has 0 unspecified atom stereocenters. The van der Waals surface area contributed by atoms with Crippen LogP contribution in [0, 0.1) is 5.82 Å². The van der Waals surface area contributed by atoms with Gasteiger partial charge in [0.25, 0.3) is 0 Å². The molecule has 0 saturated carbocycles. The summed E-state index contributed by atoms with van der Waals surface area (Å²) in [6, 6.07) is 7.34. The van der Waals surface area contributed by atoms with Crippen molar-refractivity contribution in [1.29, 1.82) is 0 Å². The summed E-state index contributed by atoms with van der Waals surface area (Å²) in [4.78, 5) is 2.36. The lowest BCUT2D eigenvalue weighted by atomic mass is 10.1. The maximum Gasteiger partial charge on any atom is 0.123 e. The molecule has 0 radical (unpaired) electrons. The number of hydrogen-bond acceptors (Lipinski definition) is 2. The van der Waals surface area contributed by atoms with Crippen molar-refractivity contribution in [2.24, 2.45) is 0 Å². The fraction of sp³-hybridized carbons (Fsp3) is 0.538. The molecule has 4 heteroatoms. The van der Waals surface area contributed by atoms with Crippen LogP contribution >= 0.6 is 12.4 Å². The first-order chi connectivity index (χ1) is 7.74. The zero-order valence-corrected chi connectivity index (χ0v) is 11.0. The van der Waals surface area contributed by atoms with Gasteiger partial charge in [0.05, 0.1) is 0 Å². The standard InChI is InChI=1S/C13H19FN2.ClH/c1-16-8-6-13(7-9-16)15-10-11-2-4-12(14)5-3-11;/h2-5,13,15H,6-10H2,1H3;1H. The van der Waals surface area contributed by atoms with E-state index in [4.69, 9.17) is 0 Å². The third kappa shape index (κ3) is 4.62. The summed E-state index contributed by atoms with van der Waals surface area (Å²) < 4.78 is 12.7. The van der Waals surface area contributed by atoms with Crippen LogP contribution in [0.15, 0.2) is 24.3 Å². The highest BCUT2D eigenvalue weighted by Gasteiger charge is 2.15. The van der Waals surface area contributed by atoms with E-state index in [9.17, 15) is 4.39 Å². The van der Waals surface area contributed by atoms with Crippen molar-refractivity contribution < 1.29 is 4.39 Å². The van der Waals surface area contributed by atoms with E-state index in [-0.39, 0.29) is 18.2 Å². The van der Waals surface area contributed by atoms with Crippen molar-refractivity contribution in [2.75, 3.05) is 20.1 Å². The molecule has 96 valence electrons. The lowest BCUT2D eigenvalue weighted by Gasteiger charge is -2.29. The molecule has 1 aromatic rings. The number of benzene rings is 1. The van der Waals surface area contributed by atoms with Gasteiger partial charge in [-0.25, -0.2) is 4.39 Å². The van der Waals surface area contributed by atoms with Crippen LogP contribution in [-0.4, -0.2) is 31.1 Å². The molecule has 2 rings (SSSR count). The Morgan fingerprint density at radius 3 is 2.41 bits per heavy atom. The lowest BCUT2D eigenvalue weighted by Crippen LogP contribution is -2.40. The van der Waals surface area contributed by atoms with Gasteiger partial charge < -0.3 is 10.2 Å². The van der Waals surface area contributed by atoms with E-state index in [0.29, 0.717) is 6.04 Å². The monoisotopic (exact) mass is 258 g/mol. The van der Waals surface area contributed by atoms with E-state index in [2.05, 4.69) is 17.3 Å². The third-order valence-corrected chi connectivity index (χ3v) is 3.23. The minimum Gasteiger partial charge on any atom is -0.310 e. The molecule has 0 aliphatic carbocycles. The van der Waals surface area contributed by atoms with Crippen molar-refractivity contribution in [3.63, 3.8) is 0 Å². The molecule has 0 aromatic heterocycles. The fourth-order valence-corrected chi connectivity index (χ4v) is 2.08. The average Bonchev–Trinajstić information content (AvgIpc) is 2.30. The van der Waals surface area contributed by atoms with Crippen LogP contribution in [0.25, 0.3) is 0 Å². The molecule has 0 amide bonds. The number of nitrogens with one attached hydrogen (secondary N) is 1. The first-order valence-electron chi connectivity index (χ1n) is 5.90. The largest absolute Gasteiger partial charge is 0.310 e. The Bertz CT molecular complexity index is 321. The van der Waals surface area contributed by atoms with Crippen LogP contribution in [0.2, 0.25) is 0 Å². The molecule has 1 aliphatic rings. The number of nitrogens with zero attached hydrogens (tertiary/aromatic N) is 1. The quantitative estimate of drug-likeness (QED) is 0.896. The maximum absolute atomic E-state index is 12.7. The smallest absolute Gasteiger partial charge is 0.123 e. The summed E-state index contributed by atoms with van der Waals surface area (Å²) in [6.45, 7) is 3.18. The van der Waals surface area contributed by atoms with E-state index >= 15 is 0 Å². The highest BCUT2D eigenvalue weighted by Crippen LogP contribution is 2.09. The van der Waals surface area contributed by atoms with Gasteiger partial charge in [-0.3, -0.25) is 0 Å². The van der Waals surface area contributed by atoms with E-state index in [1.54, 1.807) is 0 Å². The van der Waals surface area contributed by atoms with Crippen molar-refractivity contribution >= 4 is 12.4 Å². The van der Waals surface area contributed by atoms with Crippen LogP contribution in [0.3, 0.4) is 0 Å². The van der Waals surface area contributed by atoms with E-state index in [1.165, 1.54) is 38.1 Å². The maximum atomic E-state index is 12.7. The predicted octanol–water partition coefficient (Wildman–Crippen LogP) is 2.43. The fourth-order valence-electron chi connectivity index (χ4n) is 2.08. The topological polar surface area (TPSA) is 15.3 Å². The number of likely N-dealkylation sites (tertiary alicyclic amines) is 1. The normalized spacial score (nSPS) is 17.8. The molecule has 1 heterocycles. The van der Waals surface area contributed by atoms with E-state index in [1.807, 2.05) is 12.1 Å². The van der Waals surface area contributed by atoms with Crippen LogP contribution in [0.4, 0.5) is 4.39 Å². The zero-order chi connectivity index (χ0) is 11.4. The van der Waals surface area contributed by atoms with Crippen LogP contribution < -0.4 is 5.32 Å². The minimum atomic E-state index is -0.164. The Morgan fingerprint density at radius 2 is 1.82 bits per heavy atom. The van der Waals surface area contributed by atoms with Gasteiger partial charge in [0.15, 0.2) is 0 Å². The molecule has 0 atom stereocenters. The molecule has 0 bridgehead atoms. The van der Waals surface area contributed by atoms with Crippen molar-refractivity contribution in [3.05, 3.63) is 35.6 Å². The molecule has 1 aromatic carbocycles. The summed E-state index contributed by atoms with van der Waals surface area (Å²) in [6.07, 6.45) is 2.41. The number of rotatable bonds is 3. The van der Waals surface area contributed by atoms with Gasteiger partial charge in [-0.05, 0) is 50.7 Å². The second kappa shape index (κ2) is 6.94. The van der Waals surface area contributed by atoms with Crippen LogP contribution in [-0.2, 0) is 6.54 Å². The SMILES string of the molecule is CN1CCC(NCc2ccc(F)cc2)CC1.Cl. The van der Waals surface area contributed by atoms with Gasteiger partial charge in [0.1, 0.15) is 5.82 Å². The van der Waals surface area contributed by atoms with Crippen molar-refractivity contribution in [2.45, 2.75) is 25.4 Å². The van der Waals surface area contributed by atoms with Crippen LogP contribution in [0.1, 0.15) is 18.4 Å². The lowest BCUT2D eigenvalue weighted by molar-refractivity contribution is 0.234. The average molecular weight is 259 g/mol. The van der Waals surface area contributed by atoms with Gasteiger partial charge in [-0.15, -0.1) is 12.4 Å². The Balaban J connectivity index is 0.00000144. The Morgan fingerprint density at radius 1 is 1.24 bits per heavy atom. The molecule has 1 N–H and O–H groups in total. The molecule has 1 saturated heterocycles. The Labute approximate surface area is 109 Å². The number of hydrogen-bond donors (Lipinski definition) is 1. The van der Waals surface area contributed by atoms with Gasteiger partial charge >= 0.3 is 0 Å². The number of halogens is 2. The second-order valence-corrected chi connectivity index (χ2v) is 4.58. The van der Waals surface area contributed by atoms with E-state index in [0.717, 1.165) is 12.1 Å². The number of piperidine rings is 1. The first kappa shape index (κ1) is 14.4. The van der Waals surface area contributed by atoms with Crippen molar-refractivity contribution in [1.82, 2.24) is 10.2 Å².